The molecule has 4 nitrogen and oxygen atoms in total. The first-order valence-electron chi connectivity index (χ1n) is 11.3. The summed E-state index contributed by atoms with van der Waals surface area (Å²) in [5.74, 6) is 0.730. The Morgan fingerprint density at radius 3 is 2.37 bits per heavy atom. The van der Waals surface area contributed by atoms with Crippen LogP contribution < -0.4 is 5.32 Å². The zero-order valence-corrected chi connectivity index (χ0v) is 18.0. The molecule has 0 unspecified atom stereocenters. The fourth-order valence-corrected chi connectivity index (χ4v) is 4.67. The van der Waals surface area contributed by atoms with E-state index in [1.165, 1.54) is 22.3 Å². The topological polar surface area (TPSA) is 49.4 Å². The molecule has 4 rings (SSSR count). The summed E-state index contributed by atoms with van der Waals surface area (Å²) in [5.41, 5.74) is 6.02. The third-order valence-corrected chi connectivity index (χ3v) is 6.63. The van der Waals surface area contributed by atoms with Crippen LogP contribution in [0.2, 0.25) is 0 Å². The molecule has 1 saturated heterocycles. The average molecular weight is 405 g/mol. The summed E-state index contributed by atoms with van der Waals surface area (Å²) >= 11 is 0. The van der Waals surface area contributed by atoms with Crippen molar-refractivity contribution in [2.24, 2.45) is 0 Å². The largest absolute Gasteiger partial charge is 0.343 e. The number of benzene rings is 2. The van der Waals surface area contributed by atoms with Crippen molar-refractivity contribution < 1.29 is 9.59 Å². The first-order valence-corrected chi connectivity index (χ1v) is 11.3. The average Bonchev–Trinajstić information content (AvgIpc) is 3.03. The maximum Gasteiger partial charge on any atom is 0.223 e. The van der Waals surface area contributed by atoms with Crippen LogP contribution in [-0.2, 0) is 17.6 Å². The number of hydrogen-bond acceptors (Lipinski definition) is 3. The van der Waals surface area contributed by atoms with Crippen molar-refractivity contribution in [1.29, 1.82) is 0 Å². The van der Waals surface area contributed by atoms with E-state index < -0.39 is 0 Å². The Hall–Kier alpha value is -2.46. The van der Waals surface area contributed by atoms with E-state index in [4.69, 9.17) is 0 Å². The Morgan fingerprint density at radius 1 is 0.933 bits per heavy atom. The van der Waals surface area contributed by atoms with E-state index >= 15 is 0 Å². The molecule has 0 aliphatic carbocycles. The van der Waals surface area contributed by atoms with Gasteiger partial charge in [-0.3, -0.25) is 9.59 Å². The van der Waals surface area contributed by atoms with Crippen LogP contribution in [0.1, 0.15) is 64.2 Å². The van der Waals surface area contributed by atoms with Crippen LogP contribution >= 0.6 is 0 Å². The Bertz CT molecular complexity index is 896. The second-order valence-electron chi connectivity index (χ2n) is 8.72. The highest BCUT2D eigenvalue weighted by molar-refractivity contribution is 5.98. The van der Waals surface area contributed by atoms with Gasteiger partial charge in [-0.2, -0.15) is 0 Å². The Kier molecular flexibility index (Phi) is 6.63. The number of aryl methyl sites for hydroxylation is 1. The summed E-state index contributed by atoms with van der Waals surface area (Å²) in [7, 11) is 0. The SMILES string of the molecule is Cc1ccc(C2CCN(C(=O)CCC(=O)c3ccc4c(c3)CCNCC4)CC2)cc1. The van der Waals surface area contributed by atoms with E-state index in [1.807, 2.05) is 17.0 Å². The molecule has 1 amide bonds. The van der Waals surface area contributed by atoms with Crippen LogP contribution in [0.15, 0.2) is 42.5 Å². The van der Waals surface area contributed by atoms with Crippen molar-refractivity contribution in [2.45, 2.75) is 51.4 Å². The summed E-state index contributed by atoms with van der Waals surface area (Å²) in [6.07, 6.45) is 4.59. The molecule has 2 aliphatic heterocycles. The van der Waals surface area contributed by atoms with Crippen LogP contribution in [-0.4, -0.2) is 42.8 Å². The van der Waals surface area contributed by atoms with E-state index in [-0.39, 0.29) is 11.7 Å². The number of Topliss-reactive ketones (excluding diaryl/α,β-unsaturated/α-hetero) is 1. The van der Waals surface area contributed by atoms with Crippen LogP contribution in [0.5, 0.6) is 0 Å². The van der Waals surface area contributed by atoms with E-state index in [0.717, 1.165) is 57.4 Å². The minimum absolute atomic E-state index is 0.0814. The highest BCUT2D eigenvalue weighted by atomic mass is 16.2. The van der Waals surface area contributed by atoms with Crippen LogP contribution in [0.25, 0.3) is 0 Å². The van der Waals surface area contributed by atoms with Gasteiger partial charge in [-0.05, 0) is 74.4 Å². The number of rotatable bonds is 5. The van der Waals surface area contributed by atoms with Gasteiger partial charge in [-0.25, -0.2) is 0 Å². The van der Waals surface area contributed by atoms with Crippen molar-refractivity contribution in [2.75, 3.05) is 26.2 Å². The molecule has 0 aromatic heterocycles. The lowest BCUT2D eigenvalue weighted by Crippen LogP contribution is -2.38. The molecular formula is C26H32N2O2. The molecular weight excluding hydrogens is 372 g/mol. The number of ketones is 1. The van der Waals surface area contributed by atoms with Gasteiger partial charge in [-0.1, -0.05) is 42.0 Å². The number of hydrogen-bond donors (Lipinski definition) is 1. The summed E-state index contributed by atoms with van der Waals surface area (Å²) in [5, 5.41) is 3.40. The smallest absolute Gasteiger partial charge is 0.223 e. The lowest BCUT2D eigenvalue weighted by molar-refractivity contribution is -0.132. The molecule has 1 fully saturated rings. The van der Waals surface area contributed by atoms with Crippen LogP contribution in [0.3, 0.4) is 0 Å². The lowest BCUT2D eigenvalue weighted by Gasteiger charge is -2.32. The van der Waals surface area contributed by atoms with Gasteiger partial charge in [0.1, 0.15) is 0 Å². The van der Waals surface area contributed by atoms with Gasteiger partial charge >= 0.3 is 0 Å². The van der Waals surface area contributed by atoms with Crippen LogP contribution in [0.4, 0.5) is 0 Å². The number of carbonyl (C=O) groups excluding carboxylic acids is 2. The molecule has 2 heterocycles. The molecule has 0 spiro atoms. The van der Waals surface area contributed by atoms with Crippen molar-refractivity contribution >= 4 is 11.7 Å². The zero-order chi connectivity index (χ0) is 20.9. The normalized spacial score (nSPS) is 17.3. The van der Waals surface area contributed by atoms with Gasteiger partial charge in [0, 0.05) is 31.5 Å². The van der Waals surface area contributed by atoms with Crippen molar-refractivity contribution in [3.8, 4) is 0 Å². The van der Waals surface area contributed by atoms with Gasteiger partial charge in [0.2, 0.25) is 5.91 Å². The molecule has 0 bridgehead atoms. The van der Waals surface area contributed by atoms with Crippen LogP contribution in [0, 0.1) is 6.92 Å². The monoisotopic (exact) mass is 404 g/mol. The molecule has 0 saturated carbocycles. The number of carbonyl (C=O) groups is 2. The molecule has 158 valence electrons. The molecule has 30 heavy (non-hydrogen) atoms. The van der Waals surface area contributed by atoms with Crippen molar-refractivity contribution in [3.63, 3.8) is 0 Å². The minimum Gasteiger partial charge on any atom is -0.343 e. The third-order valence-electron chi connectivity index (χ3n) is 6.63. The highest BCUT2D eigenvalue weighted by Gasteiger charge is 2.24. The molecule has 2 aliphatic rings. The summed E-state index contributed by atoms with van der Waals surface area (Å²) in [4.78, 5) is 27.3. The van der Waals surface area contributed by atoms with E-state index in [2.05, 4.69) is 42.6 Å². The first kappa shape index (κ1) is 20.8. The number of piperidine rings is 1. The highest BCUT2D eigenvalue weighted by Crippen LogP contribution is 2.28. The molecule has 0 radical (unpaired) electrons. The second kappa shape index (κ2) is 9.57. The number of nitrogens with one attached hydrogen (secondary N) is 1. The predicted octanol–water partition coefficient (Wildman–Crippen LogP) is 4.05. The standard InChI is InChI=1S/C26H32N2O2/c1-19-2-4-20(5-3-19)22-12-16-28(17-13-22)26(30)9-8-25(29)24-7-6-21-10-14-27-15-11-23(21)18-24/h2-7,18,22,27H,8-17H2,1H3. The number of amides is 1. The van der Waals surface area contributed by atoms with E-state index in [1.54, 1.807) is 0 Å². The fourth-order valence-electron chi connectivity index (χ4n) is 4.67. The lowest BCUT2D eigenvalue weighted by atomic mass is 9.89. The minimum atomic E-state index is 0.0814. The fraction of sp³-hybridized carbons (Fsp3) is 0.462. The molecule has 0 atom stereocenters. The number of likely N-dealkylation sites (tertiary alicyclic amines) is 1. The quantitative estimate of drug-likeness (QED) is 0.765. The Morgan fingerprint density at radius 2 is 1.63 bits per heavy atom. The summed E-state index contributed by atoms with van der Waals surface area (Å²) in [6, 6.07) is 14.8. The van der Waals surface area contributed by atoms with Gasteiger partial charge in [-0.15, -0.1) is 0 Å². The van der Waals surface area contributed by atoms with Gasteiger partial charge in [0.25, 0.3) is 0 Å². The maximum absolute atomic E-state index is 12.7. The first-order chi connectivity index (χ1) is 14.6. The second-order valence-corrected chi connectivity index (χ2v) is 8.72. The Balaban J connectivity index is 1.27. The molecule has 2 aromatic carbocycles. The number of nitrogens with zero attached hydrogens (tertiary/aromatic N) is 1. The molecule has 4 heteroatoms. The number of fused-ring (bicyclic) bond motifs is 1. The van der Waals surface area contributed by atoms with E-state index in [9.17, 15) is 9.59 Å². The third kappa shape index (κ3) is 4.99. The summed E-state index contributed by atoms with van der Waals surface area (Å²) in [6.45, 7) is 5.64. The predicted molar refractivity (Wildman–Crippen MR) is 120 cm³/mol. The van der Waals surface area contributed by atoms with Gasteiger partial charge < -0.3 is 10.2 Å². The van der Waals surface area contributed by atoms with Crippen molar-refractivity contribution in [3.05, 3.63) is 70.3 Å². The van der Waals surface area contributed by atoms with Gasteiger partial charge in [0.15, 0.2) is 5.78 Å². The van der Waals surface area contributed by atoms with Crippen molar-refractivity contribution in [1.82, 2.24) is 10.2 Å². The zero-order valence-electron chi connectivity index (χ0n) is 18.0. The Labute approximate surface area is 179 Å². The summed E-state index contributed by atoms with van der Waals surface area (Å²) < 4.78 is 0. The molecule has 2 aromatic rings. The maximum atomic E-state index is 12.7. The molecule has 1 N–H and O–H groups in total. The van der Waals surface area contributed by atoms with E-state index in [0.29, 0.717) is 18.8 Å². The van der Waals surface area contributed by atoms with Gasteiger partial charge in [0.05, 0.1) is 0 Å².